The minimum Gasteiger partial charge on any atom is -1.00 e. The van der Waals surface area contributed by atoms with Gasteiger partial charge in [-0.1, -0.05) is 32.9 Å². The Balaban J connectivity index is 0.000000274. The van der Waals surface area contributed by atoms with Crippen molar-refractivity contribution in [3.05, 3.63) is 114 Å². The number of aryl methyl sites for hydroxylation is 2. The number of hydrogen-bond donors (Lipinski definition) is 2. The van der Waals surface area contributed by atoms with Crippen LogP contribution in [0.5, 0.6) is 0 Å². The molecule has 5 saturated heterocycles. The van der Waals surface area contributed by atoms with Gasteiger partial charge < -0.3 is 35.3 Å². The van der Waals surface area contributed by atoms with Gasteiger partial charge >= 0.3 is 35.5 Å². The molecule has 0 unspecified atom stereocenters. The van der Waals surface area contributed by atoms with Crippen LogP contribution in [-0.2, 0) is 49.0 Å². The van der Waals surface area contributed by atoms with Crippen LogP contribution in [0.3, 0.4) is 0 Å². The minimum atomic E-state index is -0.886. The molecule has 4 aromatic heterocycles. The normalized spacial score (nSPS) is 20.5. The molecule has 12 nitrogen and oxygen atoms in total. The summed E-state index contributed by atoms with van der Waals surface area (Å²) in [7, 11) is 0. The molecule has 11 rings (SSSR count). The number of alkyl halides is 3. The molecule has 5 aliphatic heterocycles. The summed E-state index contributed by atoms with van der Waals surface area (Å²) >= 11 is 28.4. The van der Waals surface area contributed by atoms with E-state index in [4.69, 9.17) is 75.2 Å². The van der Waals surface area contributed by atoms with Gasteiger partial charge in [-0.2, -0.15) is 0 Å². The molecule has 82 heavy (non-hydrogen) atoms. The van der Waals surface area contributed by atoms with Crippen LogP contribution in [0.25, 0.3) is 0 Å². The fourth-order valence-electron chi connectivity index (χ4n) is 12.2. The maximum atomic E-state index is 10.9. The first kappa shape index (κ1) is 73.4. The number of pyridine rings is 4. The van der Waals surface area contributed by atoms with E-state index in [1.54, 1.807) is 12.3 Å². The number of aliphatic hydroxyl groups is 1. The number of aromatic carboxylic acids is 1. The Bertz CT molecular complexity index is 2350. The van der Waals surface area contributed by atoms with Crippen LogP contribution in [0, 0.1) is 23.7 Å². The van der Waals surface area contributed by atoms with E-state index in [-0.39, 0.29) is 50.4 Å². The number of rotatable bonds is 13. The molecule has 0 aromatic carbocycles. The Morgan fingerprint density at radius 3 is 1.38 bits per heavy atom. The van der Waals surface area contributed by atoms with E-state index in [1.807, 2.05) is 18.5 Å². The van der Waals surface area contributed by atoms with Crippen LogP contribution in [-0.4, -0.2) is 108 Å². The van der Waals surface area contributed by atoms with E-state index in [9.17, 15) is 9.90 Å². The monoisotopic (exact) mass is 1350 g/mol. The van der Waals surface area contributed by atoms with Crippen molar-refractivity contribution in [3.63, 3.8) is 0 Å². The molecule has 0 saturated carbocycles. The molecule has 19 heteroatoms. The van der Waals surface area contributed by atoms with Crippen LogP contribution in [0.4, 0.5) is 0 Å². The molecule has 454 valence electrons. The fraction of sp³-hybridized carbons (Fsp3) is 0.667. The van der Waals surface area contributed by atoms with Crippen LogP contribution in [0.2, 0.25) is 5.02 Å². The summed E-state index contributed by atoms with van der Waals surface area (Å²) in [4.78, 5) is 28.9. The van der Waals surface area contributed by atoms with Gasteiger partial charge in [-0.25, -0.2) is 4.79 Å². The predicted octanol–water partition coefficient (Wildman–Crippen LogP) is 13.9. The van der Waals surface area contributed by atoms with Gasteiger partial charge in [0.1, 0.15) is 0 Å². The summed E-state index contributed by atoms with van der Waals surface area (Å²) in [5, 5.41) is 19.4. The second-order valence-electron chi connectivity index (χ2n) is 22.3. The maximum Gasteiger partial charge on any atom is 1.00 e. The predicted molar refractivity (Wildman–Crippen MR) is 336 cm³/mol. The van der Waals surface area contributed by atoms with E-state index in [2.05, 4.69) is 77.8 Å². The molecule has 9 heterocycles. The van der Waals surface area contributed by atoms with E-state index in [0.717, 1.165) is 189 Å². The van der Waals surface area contributed by atoms with E-state index in [1.165, 1.54) is 81.7 Å². The third-order valence-corrected chi connectivity index (χ3v) is 17.9. The van der Waals surface area contributed by atoms with Gasteiger partial charge in [0.15, 0.2) is 0 Å². The number of ether oxygens (including phenoxy) is 5. The second-order valence-corrected chi connectivity index (χ2v) is 25.7. The van der Waals surface area contributed by atoms with Gasteiger partial charge in [-0.15, -0.1) is 34.8 Å². The maximum absolute atomic E-state index is 10.9. The number of halogens is 6. The molecule has 2 N–H and O–H groups in total. The van der Waals surface area contributed by atoms with Crippen molar-refractivity contribution in [2.45, 2.75) is 173 Å². The van der Waals surface area contributed by atoms with Crippen molar-refractivity contribution in [2.24, 2.45) is 23.7 Å². The summed E-state index contributed by atoms with van der Waals surface area (Å²) in [6.07, 6.45) is 28.2. The second kappa shape index (κ2) is 41.2. The van der Waals surface area contributed by atoms with Crippen LogP contribution >= 0.6 is 78.3 Å². The number of aliphatic hydroxyl groups excluding tert-OH is 1. The summed E-state index contributed by atoms with van der Waals surface area (Å²) in [6.45, 7) is 13.8. The first-order valence-corrected chi connectivity index (χ1v) is 32.8. The number of hydrogen-bond acceptors (Lipinski definition) is 11. The van der Waals surface area contributed by atoms with Gasteiger partial charge in [-0.3, -0.25) is 19.9 Å². The molecular formula is C63H91Br2Cl4N4NaO8. The standard InChI is InChI=1S/C15H19NO3.C14H19BrClNO.C14H20BrNO2.C14H18ClNO.C4H8O.CH2Cl2.CH4.Na.H/c17-15(18)13-8-12-2-1-11(14(12)16-9-13)7-10-3-5-19-6-4-10;1-10(6-11-2-4-18-5-3-11)14-12(8-16)7-13(15)9-17-14;1-10(6-11-2-4-18-5-3-11)14-12(9-17)7-13(15)8-16-14;15-13-8-12-2-1-11(14(12)16-9-13)7-10-3-5-17-6-4-10;1-2-4-5-3-1;2-1-3;;;/h8-11H,1-7H2,(H,17,18);7,9-11H,2-6,8H2,1H3;7-8,10-11,17H,2-6,9H2,1H3;8-11H,1-7H2;1-4H2;1H2;1H4;;/q;;;;;;;+1;-1/t11-;2*10-;11-;;;;;/m0000...../s1. The Hall–Kier alpha value is -1.05. The number of carboxylic acids is 1. The van der Waals surface area contributed by atoms with Crippen molar-refractivity contribution in [2.75, 3.05) is 71.4 Å². The molecule has 4 atom stereocenters. The number of carbonyl (C=O) groups is 1. The Labute approximate surface area is 550 Å². The number of aromatic nitrogens is 4. The Kier molecular flexibility index (Phi) is 36.9. The molecule has 0 bridgehead atoms. The number of carboxylic acid groups (broad SMARTS) is 1. The molecule has 0 radical (unpaired) electrons. The minimum absolute atomic E-state index is 0. The van der Waals surface area contributed by atoms with Crippen molar-refractivity contribution >= 4 is 84.2 Å². The molecule has 0 amide bonds. The van der Waals surface area contributed by atoms with E-state index < -0.39 is 5.97 Å². The number of fused-ring (bicyclic) bond motifs is 2. The summed E-state index contributed by atoms with van der Waals surface area (Å²) in [5.74, 6) is 4.74. The zero-order valence-electron chi connectivity index (χ0n) is 49.1. The van der Waals surface area contributed by atoms with Gasteiger partial charge in [0.2, 0.25) is 0 Å². The Morgan fingerprint density at radius 2 is 0.976 bits per heavy atom. The van der Waals surface area contributed by atoms with Gasteiger partial charge in [0.05, 0.1) is 22.5 Å². The number of nitrogens with zero attached hydrogens (tertiary/aromatic N) is 4. The molecular weight excluding hydrogens is 1270 g/mol. The van der Waals surface area contributed by atoms with Crippen LogP contribution in [0.1, 0.15) is 204 Å². The molecule has 7 aliphatic rings. The van der Waals surface area contributed by atoms with Crippen molar-refractivity contribution < 1.29 is 69.7 Å². The van der Waals surface area contributed by atoms with Gasteiger partial charge in [0.25, 0.3) is 0 Å². The van der Waals surface area contributed by atoms with Gasteiger partial charge in [-0.05, 0) is 224 Å². The first-order chi connectivity index (χ1) is 38.9. The average Bonchev–Trinajstić information content (AvgIpc) is 4.44. The molecule has 4 aromatic rings. The van der Waals surface area contributed by atoms with E-state index in [0.29, 0.717) is 35.1 Å². The summed E-state index contributed by atoms with van der Waals surface area (Å²) < 4.78 is 28.5. The van der Waals surface area contributed by atoms with Crippen LogP contribution in [0.15, 0.2) is 58.0 Å². The largest absolute Gasteiger partial charge is 1.00 e. The van der Waals surface area contributed by atoms with Crippen LogP contribution < -0.4 is 29.6 Å². The Morgan fingerprint density at radius 1 is 0.585 bits per heavy atom. The van der Waals surface area contributed by atoms with Crippen molar-refractivity contribution in [1.29, 1.82) is 0 Å². The molecule has 2 aliphatic carbocycles. The van der Waals surface area contributed by atoms with E-state index >= 15 is 0 Å². The SMILES string of the molecule is C.C1CCOC1.C[C@@H](CC1CCOCC1)c1ncc(Br)cc1CCl.C[C@@H](CC1CCOCC1)c1ncc(Br)cc1CO.ClCCl.Clc1cnc2c(c1)CC[C@H]2CC1CCOCC1.O=C(O)c1cnc2c(c1)CC[C@H]2CC1CCOCC1.[H-].[Na+]. The third-order valence-electron chi connectivity index (χ3n) is 16.5. The topological polar surface area (TPSA) is 155 Å². The van der Waals surface area contributed by atoms with Gasteiger partial charge in [0, 0.05) is 146 Å². The van der Waals surface area contributed by atoms with Crippen molar-refractivity contribution in [3.8, 4) is 0 Å². The third kappa shape index (κ3) is 25.2. The average molecular weight is 1360 g/mol. The fourth-order valence-corrected chi connectivity index (χ4v) is 13.4. The molecule has 5 fully saturated rings. The smallest absolute Gasteiger partial charge is 1.00 e. The first-order valence-electron chi connectivity index (χ1n) is 29.2. The van der Waals surface area contributed by atoms with Crippen molar-refractivity contribution in [1.82, 2.24) is 19.9 Å². The molecule has 0 spiro atoms. The quantitative estimate of drug-likeness (QED) is 0.0967. The zero-order valence-corrected chi connectivity index (χ0v) is 56.3. The summed E-state index contributed by atoms with van der Waals surface area (Å²) in [6, 6.07) is 7.93. The zero-order chi connectivity index (χ0) is 57.1. The summed E-state index contributed by atoms with van der Waals surface area (Å²) in [5.41, 5.74) is 9.52.